The van der Waals surface area contributed by atoms with Gasteiger partial charge >= 0.3 is 0 Å². The molecule has 0 spiro atoms. The normalized spacial score (nSPS) is 9.95. The minimum atomic E-state index is 0.616. The first-order valence-electron chi connectivity index (χ1n) is 6.76. The Bertz CT molecular complexity index is 410. The monoisotopic (exact) mass is 261 g/mol. The number of terminal acetylenes is 1. The van der Waals surface area contributed by atoms with Crippen LogP contribution in [-0.4, -0.2) is 20.3 Å². The van der Waals surface area contributed by atoms with E-state index in [1.807, 2.05) is 12.1 Å². The number of nitrogens with one attached hydrogen (secondary N) is 1. The van der Waals surface area contributed by atoms with Gasteiger partial charge in [-0.05, 0) is 25.5 Å². The molecule has 0 heterocycles. The maximum absolute atomic E-state index is 5.83. The predicted molar refractivity (Wildman–Crippen MR) is 78.6 cm³/mol. The van der Waals surface area contributed by atoms with E-state index in [1.54, 1.807) is 7.11 Å². The molecule has 0 fully saturated rings. The van der Waals surface area contributed by atoms with Crippen molar-refractivity contribution in [3.63, 3.8) is 0 Å². The largest absolute Gasteiger partial charge is 0.493 e. The Morgan fingerprint density at radius 2 is 2.21 bits per heavy atom. The number of hydrogen-bond acceptors (Lipinski definition) is 3. The van der Waals surface area contributed by atoms with Crippen molar-refractivity contribution in [1.29, 1.82) is 0 Å². The molecule has 0 aliphatic carbocycles. The summed E-state index contributed by atoms with van der Waals surface area (Å²) >= 11 is 0. The molecular formula is C16H23NO2. The van der Waals surface area contributed by atoms with Crippen LogP contribution in [0.4, 0.5) is 0 Å². The quantitative estimate of drug-likeness (QED) is 0.547. The van der Waals surface area contributed by atoms with Crippen LogP contribution in [0.15, 0.2) is 18.2 Å². The molecule has 1 rings (SSSR count). The number of benzene rings is 1. The maximum Gasteiger partial charge on any atom is 0.165 e. The Morgan fingerprint density at radius 1 is 1.37 bits per heavy atom. The summed E-state index contributed by atoms with van der Waals surface area (Å²) in [5.74, 6) is 4.21. The first kappa shape index (κ1) is 15.4. The fraction of sp³-hybridized carbons (Fsp3) is 0.500. The molecule has 0 saturated heterocycles. The zero-order valence-electron chi connectivity index (χ0n) is 11.9. The highest BCUT2D eigenvalue weighted by Gasteiger charge is 2.09. The van der Waals surface area contributed by atoms with Gasteiger partial charge < -0.3 is 14.8 Å². The molecule has 0 aromatic heterocycles. The van der Waals surface area contributed by atoms with Gasteiger partial charge in [0.25, 0.3) is 0 Å². The Hall–Kier alpha value is -1.66. The van der Waals surface area contributed by atoms with Crippen LogP contribution in [0.1, 0.15) is 31.7 Å². The van der Waals surface area contributed by atoms with Gasteiger partial charge in [-0.15, -0.1) is 12.3 Å². The molecule has 0 atom stereocenters. The van der Waals surface area contributed by atoms with E-state index in [1.165, 1.54) is 0 Å². The summed E-state index contributed by atoms with van der Waals surface area (Å²) in [6.45, 7) is 4.55. The number of unbranched alkanes of at least 4 members (excludes halogenated alkanes) is 1. The minimum absolute atomic E-state index is 0.616. The topological polar surface area (TPSA) is 30.5 Å². The van der Waals surface area contributed by atoms with Crippen molar-refractivity contribution in [3.8, 4) is 23.8 Å². The highest BCUT2D eigenvalue weighted by atomic mass is 16.5. The SMILES string of the molecule is C#CCCCOc1c(CNCCC)cccc1OC. The number of methoxy groups -OCH3 is 1. The third kappa shape index (κ3) is 5.23. The summed E-state index contributed by atoms with van der Waals surface area (Å²) in [7, 11) is 1.66. The first-order chi connectivity index (χ1) is 9.33. The molecule has 0 aliphatic heterocycles. The minimum Gasteiger partial charge on any atom is -0.493 e. The van der Waals surface area contributed by atoms with Crippen LogP contribution in [0.3, 0.4) is 0 Å². The fourth-order valence-electron chi connectivity index (χ4n) is 1.77. The summed E-state index contributed by atoms with van der Waals surface area (Å²) in [5.41, 5.74) is 1.12. The second-order valence-electron chi connectivity index (χ2n) is 4.28. The molecule has 0 aliphatic rings. The smallest absolute Gasteiger partial charge is 0.165 e. The second kappa shape index (κ2) is 9.29. The van der Waals surface area contributed by atoms with Crippen molar-refractivity contribution in [1.82, 2.24) is 5.32 Å². The summed E-state index contributed by atoms with van der Waals surface area (Å²) < 4.78 is 11.2. The first-order valence-corrected chi connectivity index (χ1v) is 6.76. The summed E-state index contributed by atoms with van der Waals surface area (Å²) in [6.07, 6.45) is 7.94. The highest BCUT2D eigenvalue weighted by Crippen LogP contribution is 2.31. The summed E-state index contributed by atoms with van der Waals surface area (Å²) in [4.78, 5) is 0. The van der Waals surface area contributed by atoms with Crippen LogP contribution in [0, 0.1) is 12.3 Å². The molecule has 3 heteroatoms. The Balaban J connectivity index is 2.69. The van der Waals surface area contributed by atoms with E-state index in [-0.39, 0.29) is 0 Å². The lowest BCUT2D eigenvalue weighted by atomic mass is 10.2. The average Bonchev–Trinajstić information content (AvgIpc) is 2.44. The van der Waals surface area contributed by atoms with Crippen LogP contribution in [0.2, 0.25) is 0 Å². The zero-order chi connectivity index (χ0) is 13.9. The Kier molecular flexibility index (Phi) is 7.53. The van der Waals surface area contributed by atoms with Gasteiger partial charge in [-0.25, -0.2) is 0 Å². The van der Waals surface area contributed by atoms with Gasteiger partial charge in [0.2, 0.25) is 0 Å². The predicted octanol–water partition coefficient (Wildman–Crippen LogP) is 2.99. The van der Waals surface area contributed by atoms with Crippen LogP contribution >= 0.6 is 0 Å². The molecule has 1 aromatic rings. The van der Waals surface area contributed by atoms with E-state index in [2.05, 4.69) is 24.2 Å². The van der Waals surface area contributed by atoms with Gasteiger partial charge in [-0.1, -0.05) is 19.1 Å². The van der Waals surface area contributed by atoms with E-state index in [9.17, 15) is 0 Å². The molecular weight excluding hydrogens is 238 g/mol. The van der Waals surface area contributed by atoms with Gasteiger partial charge in [0.1, 0.15) is 0 Å². The Morgan fingerprint density at radius 3 is 2.89 bits per heavy atom. The molecule has 0 unspecified atom stereocenters. The van der Waals surface area contributed by atoms with Gasteiger partial charge in [-0.3, -0.25) is 0 Å². The second-order valence-corrected chi connectivity index (χ2v) is 4.28. The molecule has 0 saturated carbocycles. The number of ether oxygens (including phenoxy) is 2. The number of rotatable bonds is 9. The average molecular weight is 261 g/mol. The highest BCUT2D eigenvalue weighted by molar-refractivity contribution is 5.46. The van der Waals surface area contributed by atoms with Crippen molar-refractivity contribution in [3.05, 3.63) is 23.8 Å². The summed E-state index contributed by atoms with van der Waals surface area (Å²) in [5, 5.41) is 3.38. The molecule has 104 valence electrons. The van der Waals surface area contributed by atoms with E-state index in [4.69, 9.17) is 15.9 Å². The van der Waals surface area contributed by atoms with Crippen molar-refractivity contribution in [2.45, 2.75) is 32.7 Å². The van der Waals surface area contributed by atoms with Gasteiger partial charge in [0.05, 0.1) is 13.7 Å². The van der Waals surface area contributed by atoms with E-state index < -0.39 is 0 Å². The molecule has 0 radical (unpaired) electrons. The molecule has 0 amide bonds. The van der Waals surface area contributed by atoms with Gasteiger partial charge in [0, 0.05) is 18.5 Å². The Labute approximate surface area is 116 Å². The van der Waals surface area contributed by atoms with Gasteiger partial charge in [0.15, 0.2) is 11.5 Å². The third-order valence-electron chi connectivity index (χ3n) is 2.73. The summed E-state index contributed by atoms with van der Waals surface area (Å²) in [6, 6.07) is 5.96. The standard InChI is InChI=1S/C16H23NO2/c1-4-6-7-12-19-16-14(13-17-11-5-2)9-8-10-15(16)18-3/h1,8-10,17H,5-7,11-13H2,2-3H3. The lowest BCUT2D eigenvalue weighted by Gasteiger charge is -2.15. The molecule has 0 bridgehead atoms. The fourth-order valence-corrected chi connectivity index (χ4v) is 1.77. The van der Waals surface area contributed by atoms with Crippen molar-refractivity contribution in [2.75, 3.05) is 20.3 Å². The van der Waals surface area contributed by atoms with E-state index >= 15 is 0 Å². The van der Waals surface area contributed by atoms with Crippen molar-refractivity contribution in [2.24, 2.45) is 0 Å². The van der Waals surface area contributed by atoms with Crippen molar-refractivity contribution < 1.29 is 9.47 Å². The number of para-hydroxylation sites is 1. The van der Waals surface area contributed by atoms with E-state index in [0.717, 1.165) is 49.4 Å². The zero-order valence-corrected chi connectivity index (χ0v) is 11.9. The molecule has 19 heavy (non-hydrogen) atoms. The van der Waals surface area contributed by atoms with Crippen LogP contribution < -0.4 is 14.8 Å². The van der Waals surface area contributed by atoms with E-state index in [0.29, 0.717) is 6.61 Å². The lowest BCUT2D eigenvalue weighted by Crippen LogP contribution is -2.15. The number of hydrogen-bond donors (Lipinski definition) is 1. The van der Waals surface area contributed by atoms with Gasteiger partial charge in [-0.2, -0.15) is 0 Å². The molecule has 1 N–H and O–H groups in total. The molecule has 3 nitrogen and oxygen atoms in total. The van der Waals surface area contributed by atoms with Crippen LogP contribution in [0.25, 0.3) is 0 Å². The third-order valence-corrected chi connectivity index (χ3v) is 2.73. The van der Waals surface area contributed by atoms with Crippen LogP contribution in [0.5, 0.6) is 11.5 Å². The lowest BCUT2D eigenvalue weighted by molar-refractivity contribution is 0.287. The van der Waals surface area contributed by atoms with Crippen LogP contribution in [-0.2, 0) is 6.54 Å². The van der Waals surface area contributed by atoms with Crippen molar-refractivity contribution >= 4 is 0 Å². The maximum atomic E-state index is 5.83. The molecule has 1 aromatic carbocycles.